The van der Waals surface area contributed by atoms with Gasteiger partial charge in [0.2, 0.25) is 5.91 Å². The molecule has 0 bridgehead atoms. The smallest absolute Gasteiger partial charge is 0.343 e. The van der Waals surface area contributed by atoms with Gasteiger partial charge in [-0.25, -0.2) is 4.79 Å². The molecule has 4 rings (SSSR count). The van der Waals surface area contributed by atoms with Crippen LogP contribution in [-0.2, 0) is 14.3 Å². The Morgan fingerprint density at radius 3 is 2.42 bits per heavy atom. The zero-order chi connectivity index (χ0) is 25.7. The van der Waals surface area contributed by atoms with Crippen molar-refractivity contribution in [1.29, 1.82) is 0 Å². The lowest BCUT2D eigenvalue weighted by atomic mass is 10.1. The van der Waals surface area contributed by atoms with Gasteiger partial charge in [-0.1, -0.05) is 23.7 Å². The van der Waals surface area contributed by atoms with Crippen molar-refractivity contribution >= 4 is 40.9 Å². The predicted molar refractivity (Wildman–Crippen MR) is 132 cm³/mol. The summed E-state index contributed by atoms with van der Waals surface area (Å²) in [6, 6.07) is 19.3. The number of methoxy groups -OCH3 is 1. The minimum absolute atomic E-state index is 0.00705. The average Bonchev–Trinajstić information content (AvgIpc) is 3.29. The molecule has 0 N–H and O–H groups in total. The van der Waals surface area contributed by atoms with E-state index in [1.54, 1.807) is 48.5 Å². The van der Waals surface area contributed by atoms with E-state index in [1.165, 1.54) is 36.3 Å². The van der Waals surface area contributed by atoms with Gasteiger partial charge < -0.3 is 19.1 Å². The fourth-order valence-corrected chi connectivity index (χ4v) is 3.91. The summed E-state index contributed by atoms with van der Waals surface area (Å²) in [5.74, 6) is -1.73. The maximum atomic E-state index is 12.5. The van der Waals surface area contributed by atoms with Crippen LogP contribution in [0.15, 0.2) is 72.8 Å². The molecule has 3 aromatic carbocycles. The second kappa shape index (κ2) is 11.0. The minimum Gasteiger partial charge on any atom is -0.497 e. The number of nitrogens with zero attached hydrogens (tertiary/aromatic N) is 1. The molecule has 8 nitrogen and oxygen atoms in total. The first kappa shape index (κ1) is 24.9. The van der Waals surface area contributed by atoms with Gasteiger partial charge in [0.1, 0.15) is 11.5 Å². The molecule has 0 aromatic heterocycles. The lowest BCUT2D eigenvalue weighted by Crippen LogP contribution is -2.27. The number of anilines is 1. The Labute approximate surface area is 212 Å². The summed E-state index contributed by atoms with van der Waals surface area (Å²) in [4.78, 5) is 51.1. The summed E-state index contributed by atoms with van der Waals surface area (Å²) in [5.41, 5.74) is 1.21. The number of ketones is 1. The molecule has 184 valence electrons. The summed E-state index contributed by atoms with van der Waals surface area (Å²) >= 11 is 5.99. The van der Waals surface area contributed by atoms with Gasteiger partial charge in [0.25, 0.3) is 0 Å². The standard InChI is InChI=1S/C27H22ClNO7/c1-34-23-7-2-4-18(12-23)27(33)36-22-10-8-17(9-11-22)24(30)16-35-26(32)19-13-25(31)29(15-19)21-6-3-5-20(28)14-21/h2-12,14,19H,13,15-16H2,1H3. The SMILES string of the molecule is COc1cccc(C(=O)Oc2ccc(C(=O)COC(=O)C3CC(=O)N(c4cccc(Cl)c4)C3)cc2)c1. The highest BCUT2D eigenvalue weighted by Gasteiger charge is 2.36. The molecule has 1 unspecified atom stereocenters. The van der Waals surface area contributed by atoms with E-state index in [0.29, 0.717) is 22.0 Å². The second-order valence-electron chi connectivity index (χ2n) is 8.06. The molecule has 3 aromatic rings. The third-order valence-electron chi connectivity index (χ3n) is 5.62. The van der Waals surface area contributed by atoms with Crippen molar-refractivity contribution in [3.63, 3.8) is 0 Å². The molecule has 1 heterocycles. The van der Waals surface area contributed by atoms with Crippen LogP contribution in [0.3, 0.4) is 0 Å². The van der Waals surface area contributed by atoms with Crippen LogP contribution in [0, 0.1) is 5.92 Å². The summed E-state index contributed by atoms with van der Waals surface area (Å²) in [7, 11) is 1.50. The number of carbonyl (C=O) groups excluding carboxylic acids is 4. The van der Waals surface area contributed by atoms with Gasteiger partial charge in [-0.05, 0) is 60.7 Å². The van der Waals surface area contributed by atoms with Gasteiger partial charge in [-0.3, -0.25) is 14.4 Å². The number of hydrogen-bond acceptors (Lipinski definition) is 7. The number of benzene rings is 3. The minimum atomic E-state index is -0.678. The molecule has 0 aliphatic carbocycles. The molecule has 1 saturated heterocycles. The van der Waals surface area contributed by atoms with E-state index in [-0.39, 0.29) is 30.2 Å². The Hall–Kier alpha value is -4.17. The van der Waals surface area contributed by atoms with Crippen LogP contribution in [-0.4, -0.2) is 43.9 Å². The maximum absolute atomic E-state index is 12.5. The van der Waals surface area contributed by atoms with Crippen LogP contribution in [0.5, 0.6) is 11.5 Å². The molecule has 0 saturated carbocycles. The summed E-state index contributed by atoms with van der Waals surface area (Å²) in [6.45, 7) is -0.316. The normalized spacial score (nSPS) is 14.9. The Morgan fingerprint density at radius 1 is 0.944 bits per heavy atom. The lowest BCUT2D eigenvalue weighted by molar-refractivity contribution is -0.147. The highest BCUT2D eigenvalue weighted by molar-refractivity contribution is 6.31. The molecular weight excluding hydrogens is 486 g/mol. The van der Waals surface area contributed by atoms with Crippen LogP contribution < -0.4 is 14.4 Å². The largest absolute Gasteiger partial charge is 0.497 e. The number of Topliss-reactive ketones (excluding diaryl/α,β-unsaturated/α-hetero) is 1. The van der Waals surface area contributed by atoms with E-state index in [1.807, 2.05) is 0 Å². The van der Waals surface area contributed by atoms with Gasteiger partial charge in [-0.2, -0.15) is 0 Å². The Bertz CT molecular complexity index is 1310. The first-order valence-corrected chi connectivity index (χ1v) is 11.4. The summed E-state index contributed by atoms with van der Waals surface area (Å²) in [6.07, 6.45) is -0.00705. The molecule has 1 fully saturated rings. The Kier molecular flexibility index (Phi) is 7.65. The molecule has 1 atom stereocenters. The number of rotatable bonds is 8. The summed E-state index contributed by atoms with van der Waals surface area (Å²) < 4.78 is 15.6. The molecular formula is C27H22ClNO7. The van der Waals surface area contributed by atoms with E-state index >= 15 is 0 Å². The number of amides is 1. The summed E-state index contributed by atoms with van der Waals surface area (Å²) in [5, 5.41) is 0.484. The molecule has 1 amide bonds. The third kappa shape index (κ3) is 5.90. The van der Waals surface area contributed by atoms with Crippen molar-refractivity contribution in [3.05, 3.63) is 88.9 Å². The number of carbonyl (C=O) groups is 4. The zero-order valence-corrected chi connectivity index (χ0v) is 20.1. The highest BCUT2D eigenvalue weighted by Crippen LogP contribution is 2.28. The van der Waals surface area contributed by atoms with Crippen molar-refractivity contribution in [2.24, 2.45) is 5.92 Å². The van der Waals surface area contributed by atoms with E-state index in [4.69, 9.17) is 25.8 Å². The van der Waals surface area contributed by atoms with E-state index < -0.39 is 30.2 Å². The van der Waals surface area contributed by atoms with E-state index in [2.05, 4.69) is 0 Å². The van der Waals surface area contributed by atoms with E-state index in [9.17, 15) is 19.2 Å². The maximum Gasteiger partial charge on any atom is 0.343 e. The number of hydrogen-bond donors (Lipinski definition) is 0. The van der Waals surface area contributed by atoms with Gasteiger partial charge in [-0.15, -0.1) is 0 Å². The highest BCUT2D eigenvalue weighted by atomic mass is 35.5. The average molecular weight is 508 g/mol. The monoisotopic (exact) mass is 507 g/mol. The molecule has 1 aliphatic rings. The van der Waals surface area contributed by atoms with E-state index in [0.717, 1.165) is 0 Å². The van der Waals surface area contributed by atoms with Gasteiger partial charge >= 0.3 is 11.9 Å². The molecule has 36 heavy (non-hydrogen) atoms. The van der Waals surface area contributed by atoms with Crippen LogP contribution in [0.4, 0.5) is 5.69 Å². The zero-order valence-electron chi connectivity index (χ0n) is 19.3. The quantitative estimate of drug-likeness (QED) is 0.254. The first-order valence-electron chi connectivity index (χ1n) is 11.1. The molecule has 9 heteroatoms. The molecule has 1 aliphatic heterocycles. The van der Waals surface area contributed by atoms with Crippen LogP contribution >= 0.6 is 11.6 Å². The third-order valence-corrected chi connectivity index (χ3v) is 5.85. The van der Waals surface area contributed by atoms with Crippen molar-refractivity contribution < 1.29 is 33.4 Å². The predicted octanol–water partition coefficient (Wildman–Crippen LogP) is 4.35. The second-order valence-corrected chi connectivity index (χ2v) is 8.50. The van der Waals surface area contributed by atoms with Gasteiger partial charge in [0, 0.05) is 29.2 Å². The van der Waals surface area contributed by atoms with Crippen LogP contribution in [0.25, 0.3) is 0 Å². The van der Waals surface area contributed by atoms with Crippen molar-refractivity contribution in [2.75, 3.05) is 25.2 Å². The Balaban J connectivity index is 1.29. The lowest BCUT2D eigenvalue weighted by Gasteiger charge is -2.16. The van der Waals surface area contributed by atoms with Crippen LogP contribution in [0.2, 0.25) is 5.02 Å². The van der Waals surface area contributed by atoms with Crippen molar-refractivity contribution in [3.8, 4) is 11.5 Å². The van der Waals surface area contributed by atoms with Crippen molar-refractivity contribution in [1.82, 2.24) is 0 Å². The van der Waals surface area contributed by atoms with Crippen molar-refractivity contribution in [2.45, 2.75) is 6.42 Å². The Morgan fingerprint density at radius 2 is 1.69 bits per heavy atom. The number of halogens is 1. The molecule has 0 radical (unpaired) electrons. The fourth-order valence-electron chi connectivity index (χ4n) is 3.72. The van der Waals surface area contributed by atoms with Gasteiger partial charge in [0.05, 0.1) is 18.6 Å². The number of esters is 2. The van der Waals surface area contributed by atoms with Crippen LogP contribution in [0.1, 0.15) is 27.1 Å². The molecule has 0 spiro atoms. The number of ether oxygens (including phenoxy) is 3. The first-order chi connectivity index (χ1) is 17.3. The topological polar surface area (TPSA) is 99.2 Å². The van der Waals surface area contributed by atoms with Gasteiger partial charge in [0.15, 0.2) is 12.4 Å². The fraction of sp³-hybridized carbons (Fsp3) is 0.185.